The van der Waals surface area contributed by atoms with Crippen molar-refractivity contribution in [3.05, 3.63) is 53.5 Å². The van der Waals surface area contributed by atoms with Crippen molar-refractivity contribution < 1.29 is 15.0 Å². The van der Waals surface area contributed by atoms with Crippen LogP contribution in [0.1, 0.15) is 22.9 Å². The third kappa shape index (κ3) is 3.94. The highest BCUT2D eigenvalue weighted by molar-refractivity contribution is 5.82. The highest BCUT2D eigenvalue weighted by Gasteiger charge is 2.26. The van der Waals surface area contributed by atoms with Crippen molar-refractivity contribution in [1.82, 2.24) is 14.9 Å². The highest BCUT2D eigenvalue weighted by atomic mass is 16.3. The fourth-order valence-corrected chi connectivity index (χ4v) is 3.02. The molecule has 0 bridgehead atoms. The minimum Gasteiger partial charge on any atom is -0.395 e. The molecular formula is C18H22N4O3. The van der Waals surface area contributed by atoms with Gasteiger partial charge in [-0.05, 0) is 12.0 Å². The van der Waals surface area contributed by atoms with Gasteiger partial charge in [0.1, 0.15) is 12.1 Å². The Morgan fingerprint density at radius 1 is 1.20 bits per heavy atom. The van der Waals surface area contributed by atoms with Crippen LogP contribution in [0.5, 0.6) is 0 Å². The number of nitrogens with one attached hydrogen (secondary N) is 1. The first-order chi connectivity index (χ1) is 12.2. The molecule has 7 nitrogen and oxygen atoms in total. The summed E-state index contributed by atoms with van der Waals surface area (Å²) in [6.07, 6.45) is 1.56. The van der Waals surface area contributed by atoms with Crippen LogP contribution in [0.25, 0.3) is 0 Å². The van der Waals surface area contributed by atoms with Crippen molar-refractivity contribution in [2.75, 3.05) is 31.6 Å². The van der Waals surface area contributed by atoms with Crippen LogP contribution in [0, 0.1) is 0 Å². The van der Waals surface area contributed by atoms with Crippen molar-refractivity contribution in [1.29, 1.82) is 0 Å². The molecule has 0 fully saturated rings. The van der Waals surface area contributed by atoms with Gasteiger partial charge in [-0.1, -0.05) is 30.3 Å². The van der Waals surface area contributed by atoms with Gasteiger partial charge in [0.2, 0.25) is 0 Å². The lowest BCUT2D eigenvalue weighted by Crippen LogP contribution is -2.37. The summed E-state index contributed by atoms with van der Waals surface area (Å²) in [5.74, 6) is 0.411. The number of aliphatic hydroxyl groups excluding tert-OH is 2. The number of carbonyl (C=O) groups is 1. The lowest BCUT2D eigenvalue weighted by atomic mass is 10.1. The molecule has 1 aliphatic rings. The third-order valence-electron chi connectivity index (χ3n) is 4.35. The summed E-state index contributed by atoms with van der Waals surface area (Å²) in [6, 6.07) is 8.95. The Balaban J connectivity index is 1.72. The molecule has 0 unspecified atom stereocenters. The molecule has 0 spiro atoms. The molecule has 2 aromatic rings. The second kappa shape index (κ2) is 8.04. The molecular weight excluding hydrogens is 320 g/mol. The normalized spacial score (nSPS) is 15.2. The number of nitrogens with zero attached hydrogens (tertiary/aromatic N) is 3. The molecule has 1 aromatic heterocycles. The van der Waals surface area contributed by atoms with Crippen LogP contribution in [0.2, 0.25) is 0 Å². The maximum Gasteiger partial charge on any atom is 0.256 e. The van der Waals surface area contributed by atoms with Crippen LogP contribution in [-0.2, 0) is 17.6 Å². The van der Waals surface area contributed by atoms with E-state index in [1.54, 1.807) is 29.2 Å². The van der Waals surface area contributed by atoms with Gasteiger partial charge in [0.25, 0.3) is 5.91 Å². The van der Waals surface area contributed by atoms with E-state index in [0.29, 0.717) is 43.9 Å². The van der Waals surface area contributed by atoms with Crippen molar-refractivity contribution in [3.63, 3.8) is 0 Å². The van der Waals surface area contributed by atoms with E-state index in [2.05, 4.69) is 15.3 Å². The van der Waals surface area contributed by atoms with E-state index in [1.807, 2.05) is 6.07 Å². The van der Waals surface area contributed by atoms with Gasteiger partial charge < -0.3 is 20.4 Å². The Bertz CT molecular complexity index is 724. The van der Waals surface area contributed by atoms with Gasteiger partial charge in [-0.25, -0.2) is 9.97 Å². The third-order valence-corrected chi connectivity index (χ3v) is 4.35. The van der Waals surface area contributed by atoms with Gasteiger partial charge in [0.15, 0.2) is 6.10 Å². The molecule has 7 heteroatoms. The predicted molar refractivity (Wildman–Crippen MR) is 93.0 cm³/mol. The zero-order chi connectivity index (χ0) is 17.6. The van der Waals surface area contributed by atoms with Gasteiger partial charge in [-0.15, -0.1) is 0 Å². The summed E-state index contributed by atoms with van der Waals surface area (Å²) in [5, 5.41) is 22.4. The molecule has 3 rings (SSSR count). The zero-order valence-corrected chi connectivity index (χ0v) is 13.9. The van der Waals surface area contributed by atoms with Crippen LogP contribution < -0.4 is 5.32 Å². The second-order valence-corrected chi connectivity index (χ2v) is 5.94. The van der Waals surface area contributed by atoms with Gasteiger partial charge in [0.05, 0.1) is 12.3 Å². The SMILES string of the molecule is O=C([C@H](O)c1ccccc1)N1CCc2ncnc(NCCO)c2CC1. The molecule has 25 heavy (non-hydrogen) atoms. The number of aliphatic hydroxyl groups is 2. The summed E-state index contributed by atoms with van der Waals surface area (Å²) in [7, 11) is 0. The Kier molecular flexibility index (Phi) is 5.57. The zero-order valence-electron chi connectivity index (χ0n) is 13.9. The molecule has 1 atom stereocenters. The van der Waals surface area contributed by atoms with Crippen molar-refractivity contribution in [2.45, 2.75) is 18.9 Å². The summed E-state index contributed by atoms with van der Waals surface area (Å²) in [5.41, 5.74) is 2.47. The molecule has 2 heterocycles. The summed E-state index contributed by atoms with van der Waals surface area (Å²) >= 11 is 0. The molecule has 0 saturated heterocycles. The fraction of sp³-hybridized carbons (Fsp3) is 0.389. The Morgan fingerprint density at radius 3 is 2.72 bits per heavy atom. The molecule has 1 aromatic carbocycles. The van der Waals surface area contributed by atoms with Gasteiger partial charge in [-0.2, -0.15) is 0 Å². The number of amides is 1. The van der Waals surface area contributed by atoms with Crippen LogP contribution in [0.3, 0.4) is 0 Å². The largest absolute Gasteiger partial charge is 0.395 e. The van der Waals surface area contributed by atoms with Crippen molar-refractivity contribution in [3.8, 4) is 0 Å². The fourth-order valence-electron chi connectivity index (χ4n) is 3.02. The Hall–Kier alpha value is -2.51. The van der Waals surface area contributed by atoms with E-state index in [9.17, 15) is 9.90 Å². The molecule has 3 N–H and O–H groups in total. The maximum atomic E-state index is 12.7. The monoisotopic (exact) mass is 342 g/mol. The van der Waals surface area contributed by atoms with E-state index >= 15 is 0 Å². The molecule has 0 aliphatic carbocycles. The van der Waals surface area contributed by atoms with Crippen LogP contribution in [-0.4, -0.2) is 57.2 Å². The summed E-state index contributed by atoms with van der Waals surface area (Å²) < 4.78 is 0. The number of aromatic nitrogens is 2. The first-order valence-corrected chi connectivity index (χ1v) is 8.40. The lowest BCUT2D eigenvalue weighted by Gasteiger charge is -2.23. The Morgan fingerprint density at radius 2 is 1.96 bits per heavy atom. The number of hydrogen-bond donors (Lipinski definition) is 3. The first-order valence-electron chi connectivity index (χ1n) is 8.40. The van der Waals surface area contributed by atoms with Crippen molar-refractivity contribution >= 4 is 11.7 Å². The summed E-state index contributed by atoms with van der Waals surface area (Å²) in [6.45, 7) is 1.44. The molecule has 0 radical (unpaired) electrons. The number of carbonyl (C=O) groups excluding carboxylic acids is 1. The first kappa shape index (κ1) is 17.3. The van der Waals surface area contributed by atoms with Crippen LogP contribution in [0.4, 0.5) is 5.82 Å². The van der Waals surface area contributed by atoms with E-state index in [0.717, 1.165) is 11.3 Å². The van der Waals surface area contributed by atoms with Crippen LogP contribution in [0.15, 0.2) is 36.7 Å². The predicted octanol–water partition coefficient (Wildman–Crippen LogP) is 0.542. The van der Waals surface area contributed by atoms with Gasteiger partial charge >= 0.3 is 0 Å². The van der Waals surface area contributed by atoms with Crippen LogP contribution >= 0.6 is 0 Å². The standard InChI is InChI=1S/C18H22N4O3/c23-11-8-19-17-14-6-9-22(10-7-15(14)20-12-21-17)18(25)16(24)13-4-2-1-3-5-13/h1-5,12,16,23-24H,6-11H2,(H,19,20,21)/t16-/m1/s1. The number of benzene rings is 1. The highest BCUT2D eigenvalue weighted by Crippen LogP contribution is 2.22. The van der Waals surface area contributed by atoms with E-state index < -0.39 is 6.10 Å². The molecule has 132 valence electrons. The van der Waals surface area contributed by atoms with Gasteiger partial charge in [-0.3, -0.25) is 4.79 Å². The second-order valence-electron chi connectivity index (χ2n) is 5.94. The van der Waals surface area contributed by atoms with Crippen molar-refractivity contribution in [2.24, 2.45) is 0 Å². The quantitative estimate of drug-likeness (QED) is 0.734. The maximum absolute atomic E-state index is 12.7. The topological polar surface area (TPSA) is 98.6 Å². The smallest absolute Gasteiger partial charge is 0.256 e. The van der Waals surface area contributed by atoms with E-state index in [-0.39, 0.29) is 12.5 Å². The molecule has 0 saturated carbocycles. The van der Waals surface area contributed by atoms with E-state index in [1.165, 1.54) is 6.33 Å². The molecule has 1 aliphatic heterocycles. The number of anilines is 1. The number of fused-ring (bicyclic) bond motifs is 1. The summed E-state index contributed by atoms with van der Waals surface area (Å²) in [4.78, 5) is 22.9. The Labute approximate surface area is 146 Å². The average Bonchev–Trinajstić information content (AvgIpc) is 2.89. The average molecular weight is 342 g/mol. The minimum atomic E-state index is -1.15. The number of rotatable bonds is 5. The van der Waals surface area contributed by atoms with E-state index in [4.69, 9.17) is 5.11 Å². The van der Waals surface area contributed by atoms with Gasteiger partial charge in [0, 0.05) is 31.6 Å². The molecule has 1 amide bonds. The number of hydrogen-bond acceptors (Lipinski definition) is 6. The minimum absolute atomic E-state index is 0.0205. The lowest BCUT2D eigenvalue weighted by molar-refractivity contribution is -0.140.